The van der Waals surface area contributed by atoms with Gasteiger partial charge in [0.2, 0.25) is 0 Å². The second-order valence-electron chi connectivity index (χ2n) is 8.73. The number of piperazine rings is 1. The van der Waals surface area contributed by atoms with Crippen molar-refractivity contribution in [3.8, 4) is 0 Å². The quantitative estimate of drug-likeness (QED) is 0.775. The lowest BCUT2D eigenvalue weighted by Crippen LogP contribution is -2.49. The summed E-state index contributed by atoms with van der Waals surface area (Å²) in [4.78, 5) is 33.6. The summed E-state index contributed by atoms with van der Waals surface area (Å²) >= 11 is 0. The van der Waals surface area contributed by atoms with E-state index in [0.717, 1.165) is 25.2 Å². The number of hydrogen-bond donors (Lipinski definition) is 1. The van der Waals surface area contributed by atoms with Gasteiger partial charge in [0.15, 0.2) is 5.78 Å². The van der Waals surface area contributed by atoms with Crippen LogP contribution in [0.25, 0.3) is 0 Å². The fourth-order valence-corrected chi connectivity index (χ4v) is 4.07. The molecule has 1 aromatic carbocycles. The van der Waals surface area contributed by atoms with Crippen molar-refractivity contribution in [1.82, 2.24) is 9.80 Å². The molecule has 1 aromatic rings. The van der Waals surface area contributed by atoms with Crippen LogP contribution in [0.15, 0.2) is 46.7 Å². The van der Waals surface area contributed by atoms with Crippen LogP contribution in [-0.2, 0) is 4.79 Å². The number of carbonyl (C=O) groups is 2. The van der Waals surface area contributed by atoms with Crippen LogP contribution in [0, 0.1) is 5.41 Å². The number of Topliss-reactive ketones (excluding diaryl/α,β-unsaturated/α-hetero) is 1. The summed E-state index contributed by atoms with van der Waals surface area (Å²) in [6.45, 7) is 10.2. The molecule has 3 rings (SSSR count). The molecule has 6 heteroatoms. The van der Waals surface area contributed by atoms with E-state index in [2.05, 4.69) is 9.89 Å². The molecule has 0 atom stereocenters. The molecular formula is C23H31N3O3. The van der Waals surface area contributed by atoms with Gasteiger partial charge < -0.3 is 10.0 Å². The molecule has 156 valence electrons. The first-order chi connectivity index (χ1) is 13.8. The van der Waals surface area contributed by atoms with E-state index in [1.165, 1.54) is 0 Å². The van der Waals surface area contributed by atoms with Crippen LogP contribution in [0.3, 0.4) is 0 Å². The summed E-state index contributed by atoms with van der Waals surface area (Å²) in [6.07, 6.45) is 0.953. The van der Waals surface area contributed by atoms with E-state index in [1.807, 2.05) is 49.1 Å². The lowest BCUT2D eigenvalue weighted by Gasteiger charge is -2.34. The van der Waals surface area contributed by atoms with Gasteiger partial charge in [-0.05, 0) is 24.5 Å². The molecule has 1 aliphatic heterocycles. The molecule has 1 heterocycles. The standard InChI is InChI=1S/C23H31N3O3/c1-17(21-19(27)15-23(2,3)16-20(21)28)24-9-10-25-11-13-26(14-12-25)22(29)18-7-5-4-6-8-18/h4-8,27H,9-16H2,1-3H3. The zero-order valence-corrected chi connectivity index (χ0v) is 17.6. The number of rotatable bonds is 5. The Hall–Kier alpha value is -2.47. The third-order valence-corrected chi connectivity index (χ3v) is 5.66. The lowest BCUT2D eigenvalue weighted by atomic mass is 9.76. The van der Waals surface area contributed by atoms with E-state index in [-0.39, 0.29) is 22.9 Å². The second-order valence-corrected chi connectivity index (χ2v) is 8.73. The first kappa shape index (κ1) is 21.2. The maximum atomic E-state index is 12.5. The van der Waals surface area contributed by atoms with Gasteiger partial charge in [-0.25, -0.2) is 0 Å². The van der Waals surface area contributed by atoms with Crippen molar-refractivity contribution in [3.63, 3.8) is 0 Å². The number of aliphatic hydroxyl groups is 1. The largest absolute Gasteiger partial charge is 0.511 e. The minimum atomic E-state index is -0.193. The molecule has 0 aromatic heterocycles. The van der Waals surface area contributed by atoms with Gasteiger partial charge in [0.05, 0.1) is 12.1 Å². The highest BCUT2D eigenvalue weighted by molar-refractivity contribution is 6.22. The van der Waals surface area contributed by atoms with Gasteiger partial charge in [0.1, 0.15) is 5.76 Å². The van der Waals surface area contributed by atoms with Crippen molar-refractivity contribution in [3.05, 3.63) is 47.2 Å². The monoisotopic (exact) mass is 397 g/mol. The summed E-state index contributed by atoms with van der Waals surface area (Å²) in [5.41, 5.74) is 1.57. The fraction of sp³-hybridized carbons (Fsp3) is 0.522. The zero-order chi connectivity index (χ0) is 21.0. The van der Waals surface area contributed by atoms with Crippen molar-refractivity contribution in [2.24, 2.45) is 10.4 Å². The Labute approximate surface area is 172 Å². The van der Waals surface area contributed by atoms with Crippen molar-refractivity contribution >= 4 is 17.4 Å². The minimum Gasteiger partial charge on any atom is -0.511 e. The normalized spacial score (nSPS) is 20.9. The third kappa shape index (κ3) is 5.32. The third-order valence-electron chi connectivity index (χ3n) is 5.66. The number of amides is 1. The Bertz CT molecular complexity index is 819. The summed E-state index contributed by atoms with van der Waals surface area (Å²) in [6, 6.07) is 9.38. The smallest absolute Gasteiger partial charge is 0.253 e. The van der Waals surface area contributed by atoms with Gasteiger partial charge in [-0.2, -0.15) is 0 Å². The van der Waals surface area contributed by atoms with Crippen molar-refractivity contribution in [2.75, 3.05) is 39.3 Å². The van der Waals surface area contributed by atoms with Crippen LogP contribution in [0.4, 0.5) is 0 Å². The Morgan fingerprint density at radius 2 is 1.76 bits per heavy atom. The molecule has 1 saturated heterocycles. The van der Waals surface area contributed by atoms with E-state index < -0.39 is 0 Å². The molecule has 0 radical (unpaired) electrons. The van der Waals surface area contributed by atoms with Gasteiger partial charge in [-0.1, -0.05) is 32.0 Å². The van der Waals surface area contributed by atoms with Gasteiger partial charge in [-0.15, -0.1) is 0 Å². The van der Waals surface area contributed by atoms with Crippen molar-refractivity contribution in [2.45, 2.75) is 33.6 Å². The maximum absolute atomic E-state index is 12.5. The predicted octanol–water partition coefficient (Wildman–Crippen LogP) is 3.11. The number of aliphatic imine (C=N–C) groups is 1. The van der Waals surface area contributed by atoms with Gasteiger partial charge >= 0.3 is 0 Å². The molecule has 0 saturated carbocycles. The number of hydrogen-bond acceptors (Lipinski definition) is 5. The topological polar surface area (TPSA) is 73.2 Å². The second kappa shape index (κ2) is 8.91. The van der Waals surface area contributed by atoms with Crippen LogP contribution in [0.2, 0.25) is 0 Å². The maximum Gasteiger partial charge on any atom is 0.253 e. The first-order valence-corrected chi connectivity index (χ1v) is 10.3. The Kier molecular flexibility index (Phi) is 6.52. The SMILES string of the molecule is CC(=NCCN1CCN(C(=O)c2ccccc2)CC1)C1=C(O)CC(C)(C)CC1=O. The van der Waals surface area contributed by atoms with Gasteiger partial charge in [0, 0.05) is 56.8 Å². The molecule has 1 N–H and O–H groups in total. The highest BCUT2D eigenvalue weighted by Gasteiger charge is 2.34. The highest BCUT2D eigenvalue weighted by Crippen LogP contribution is 2.36. The highest BCUT2D eigenvalue weighted by atomic mass is 16.3. The van der Waals surface area contributed by atoms with Crippen molar-refractivity contribution < 1.29 is 14.7 Å². The number of nitrogens with zero attached hydrogens (tertiary/aromatic N) is 3. The van der Waals surface area contributed by atoms with Crippen molar-refractivity contribution in [1.29, 1.82) is 0 Å². The number of aliphatic hydroxyl groups excluding tert-OH is 1. The van der Waals surface area contributed by atoms with E-state index in [9.17, 15) is 14.7 Å². The zero-order valence-electron chi connectivity index (χ0n) is 17.6. The molecule has 1 amide bonds. The van der Waals surface area contributed by atoms with Gasteiger partial charge in [0.25, 0.3) is 5.91 Å². The van der Waals surface area contributed by atoms with E-state index in [1.54, 1.807) is 6.92 Å². The molecule has 1 fully saturated rings. The molecule has 1 aliphatic carbocycles. The van der Waals surface area contributed by atoms with Crippen LogP contribution >= 0.6 is 0 Å². The van der Waals surface area contributed by atoms with Crippen LogP contribution < -0.4 is 0 Å². The molecule has 0 unspecified atom stereocenters. The van der Waals surface area contributed by atoms with E-state index >= 15 is 0 Å². The molecule has 2 aliphatic rings. The number of carbonyl (C=O) groups excluding carboxylic acids is 2. The lowest BCUT2D eigenvalue weighted by molar-refractivity contribution is -0.117. The van der Waals surface area contributed by atoms with E-state index in [0.29, 0.717) is 43.8 Å². The molecule has 0 spiro atoms. The molecular weight excluding hydrogens is 366 g/mol. The summed E-state index contributed by atoms with van der Waals surface area (Å²) in [5.74, 6) is 0.230. The predicted molar refractivity (Wildman–Crippen MR) is 114 cm³/mol. The number of ketones is 1. The van der Waals surface area contributed by atoms with Gasteiger partial charge in [-0.3, -0.25) is 19.5 Å². The fourth-order valence-electron chi connectivity index (χ4n) is 4.07. The average molecular weight is 398 g/mol. The average Bonchev–Trinajstić information content (AvgIpc) is 2.67. The van der Waals surface area contributed by atoms with Crippen LogP contribution in [0.1, 0.15) is 44.0 Å². The number of allylic oxidation sites excluding steroid dienone is 2. The molecule has 6 nitrogen and oxygen atoms in total. The van der Waals surface area contributed by atoms with Crippen LogP contribution in [-0.4, -0.2) is 71.6 Å². The van der Waals surface area contributed by atoms with Crippen LogP contribution in [0.5, 0.6) is 0 Å². The number of benzene rings is 1. The first-order valence-electron chi connectivity index (χ1n) is 10.3. The summed E-state index contributed by atoms with van der Waals surface area (Å²) in [7, 11) is 0. The molecule has 29 heavy (non-hydrogen) atoms. The Balaban J connectivity index is 1.49. The Morgan fingerprint density at radius 3 is 2.38 bits per heavy atom. The molecule has 0 bridgehead atoms. The summed E-state index contributed by atoms with van der Waals surface area (Å²) < 4.78 is 0. The Morgan fingerprint density at radius 1 is 1.10 bits per heavy atom. The summed E-state index contributed by atoms with van der Waals surface area (Å²) in [5, 5.41) is 10.3. The van der Waals surface area contributed by atoms with E-state index in [4.69, 9.17) is 0 Å². The minimum absolute atomic E-state index is 0.0203.